The number of rotatable bonds is 4. The minimum absolute atomic E-state index is 0.0194. The van der Waals surface area contributed by atoms with Crippen molar-refractivity contribution in [3.05, 3.63) is 63.6 Å². The van der Waals surface area contributed by atoms with Gasteiger partial charge in [0.05, 0.1) is 12.0 Å². The van der Waals surface area contributed by atoms with E-state index >= 15 is 0 Å². The quantitative estimate of drug-likeness (QED) is 0.452. The highest BCUT2D eigenvalue weighted by Crippen LogP contribution is 2.32. The molecule has 2 N–H and O–H groups in total. The molecule has 1 atom stereocenters. The molecule has 5 rings (SSSR count). The smallest absolute Gasteiger partial charge is 0.261 e. The Morgan fingerprint density at radius 3 is 2.74 bits per heavy atom. The number of hydrogen-bond donors (Lipinski definition) is 1. The van der Waals surface area contributed by atoms with E-state index in [0.29, 0.717) is 55.9 Å². The number of nitrogens with zero attached hydrogens (tertiary/aromatic N) is 5. The number of anilines is 1. The van der Waals surface area contributed by atoms with Crippen molar-refractivity contribution in [3.63, 3.8) is 0 Å². The topological polar surface area (TPSA) is 98.6 Å². The highest BCUT2D eigenvalue weighted by molar-refractivity contribution is 5.93. The number of aromatic nitrogens is 3. The molecule has 1 saturated heterocycles. The van der Waals surface area contributed by atoms with Crippen LogP contribution in [0.3, 0.4) is 0 Å². The van der Waals surface area contributed by atoms with Crippen LogP contribution in [0.25, 0.3) is 22.2 Å². The number of halogens is 3. The first-order valence-electron chi connectivity index (χ1n) is 11.2. The summed E-state index contributed by atoms with van der Waals surface area (Å²) in [5.41, 5.74) is 6.00. The van der Waals surface area contributed by atoms with Crippen molar-refractivity contribution in [2.75, 3.05) is 31.6 Å². The first-order chi connectivity index (χ1) is 16.9. The van der Waals surface area contributed by atoms with Gasteiger partial charge < -0.3 is 15.4 Å². The minimum Gasteiger partial charge on any atom is -0.404 e. The van der Waals surface area contributed by atoms with Crippen LogP contribution in [0, 0.1) is 17.5 Å². The van der Waals surface area contributed by atoms with Crippen LogP contribution in [0.1, 0.15) is 12.2 Å². The Labute approximate surface area is 198 Å². The van der Waals surface area contributed by atoms with Gasteiger partial charge in [-0.05, 0) is 18.6 Å². The summed E-state index contributed by atoms with van der Waals surface area (Å²) in [5.74, 6) is -2.60. The summed E-state index contributed by atoms with van der Waals surface area (Å²) in [6.07, 6.45) is 3.95. The molecule has 1 aromatic carbocycles. The van der Waals surface area contributed by atoms with Gasteiger partial charge in [-0.15, -0.1) is 0 Å². The zero-order valence-corrected chi connectivity index (χ0v) is 19.0. The van der Waals surface area contributed by atoms with Crippen LogP contribution < -0.4 is 16.2 Å². The van der Waals surface area contributed by atoms with Crippen LogP contribution in [0.15, 0.2) is 39.8 Å². The summed E-state index contributed by atoms with van der Waals surface area (Å²) in [5, 5.41) is 0.229. The minimum atomic E-state index is -1.31. The lowest BCUT2D eigenvalue weighted by atomic mass is 10.1. The maximum Gasteiger partial charge on any atom is 0.261 e. The maximum absolute atomic E-state index is 14.9. The molecule has 0 radical (unpaired) electrons. The monoisotopic (exact) mass is 484 g/mol. The molecule has 2 aliphatic heterocycles. The molecule has 4 heterocycles. The lowest BCUT2D eigenvalue weighted by Gasteiger charge is -2.34. The second-order valence-electron chi connectivity index (χ2n) is 8.42. The van der Waals surface area contributed by atoms with E-state index in [0.717, 1.165) is 12.5 Å². The summed E-state index contributed by atoms with van der Waals surface area (Å²) in [7, 11) is 1.62. The Bertz CT molecular complexity index is 1440. The van der Waals surface area contributed by atoms with E-state index in [9.17, 15) is 18.0 Å². The molecule has 0 aliphatic carbocycles. The van der Waals surface area contributed by atoms with Gasteiger partial charge in [-0.1, -0.05) is 0 Å². The van der Waals surface area contributed by atoms with E-state index in [2.05, 4.69) is 15.0 Å². The zero-order valence-electron chi connectivity index (χ0n) is 19.0. The third-order valence-corrected chi connectivity index (χ3v) is 6.29. The Morgan fingerprint density at radius 1 is 1.17 bits per heavy atom. The number of hydrogen-bond acceptors (Lipinski definition) is 7. The van der Waals surface area contributed by atoms with E-state index in [1.54, 1.807) is 23.9 Å². The average Bonchev–Trinajstić information content (AvgIpc) is 3.34. The molecule has 0 bridgehead atoms. The molecule has 182 valence electrons. The molecule has 0 spiro atoms. The summed E-state index contributed by atoms with van der Waals surface area (Å²) in [6.45, 7) is 1.66. The normalized spacial score (nSPS) is 18.6. The number of benzene rings is 1. The van der Waals surface area contributed by atoms with Gasteiger partial charge in [0.25, 0.3) is 5.56 Å². The van der Waals surface area contributed by atoms with Gasteiger partial charge in [0, 0.05) is 62.7 Å². The zero-order chi connectivity index (χ0) is 24.7. The highest BCUT2D eigenvalue weighted by Gasteiger charge is 2.27. The molecule has 11 heteroatoms. The average molecular weight is 484 g/mol. The lowest BCUT2D eigenvalue weighted by Crippen LogP contribution is -2.44. The van der Waals surface area contributed by atoms with Crippen LogP contribution in [0.5, 0.6) is 0 Å². The van der Waals surface area contributed by atoms with Crippen LogP contribution in [0.2, 0.25) is 0 Å². The van der Waals surface area contributed by atoms with Gasteiger partial charge in [0.2, 0.25) is 0 Å². The first kappa shape index (κ1) is 23.0. The molecule has 2 aromatic heterocycles. The van der Waals surface area contributed by atoms with Crippen molar-refractivity contribution in [2.24, 2.45) is 10.7 Å². The first-order valence-corrected chi connectivity index (χ1v) is 11.2. The molecule has 35 heavy (non-hydrogen) atoms. The molecule has 1 unspecified atom stereocenters. The Hall–Kier alpha value is -3.73. The van der Waals surface area contributed by atoms with Crippen molar-refractivity contribution < 1.29 is 17.9 Å². The van der Waals surface area contributed by atoms with Crippen molar-refractivity contribution in [1.29, 1.82) is 0 Å². The third kappa shape index (κ3) is 4.05. The van der Waals surface area contributed by atoms with E-state index in [-0.39, 0.29) is 27.7 Å². The standard InChI is InChI=1S/C24H23F3N6O2/c1-29-11-13(10-28)19-12-32(5-6-35-19)21-8-15-23(30-20-3-2-4-33(20)24(15)34)22(31-21)14-7-17(26)18(27)9-16(14)25/h7-11,19H,2-6,12,28H2,1H3/b13-10+,29-11?. The summed E-state index contributed by atoms with van der Waals surface area (Å²) < 4.78 is 50.1. The maximum atomic E-state index is 14.9. The number of ether oxygens (including phenoxy) is 1. The van der Waals surface area contributed by atoms with Crippen LogP contribution in [-0.2, 0) is 17.7 Å². The summed E-state index contributed by atoms with van der Waals surface area (Å²) in [6, 6.07) is 2.83. The van der Waals surface area contributed by atoms with E-state index in [1.165, 1.54) is 6.20 Å². The highest BCUT2D eigenvalue weighted by atomic mass is 19.2. The number of morpholine rings is 1. The molecule has 8 nitrogen and oxygen atoms in total. The van der Waals surface area contributed by atoms with Gasteiger partial charge >= 0.3 is 0 Å². The van der Waals surface area contributed by atoms with Crippen molar-refractivity contribution >= 4 is 22.9 Å². The number of aliphatic imine (C=N–C) groups is 1. The Morgan fingerprint density at radius 2 is 1.97 bits per heavy atom. The fourth-order valence-electron chi connectivity index (χ4n) is 4.57. The van der Waals surface area contributed by atoms with Crippen molar-refractivity contribution in [1.82, 2.24) is 14.5 Å². The van der Waals surface area contributed by atoms with Crippen molar-refractivity contribution in [3.8, 4) is 11.3 Å². The van der Waals surface area contributed by atoms with Gasteiger partial charge in [-0.2, -0.15) is 0 Å². The largest absolute Gasteiger partial charge is 0.404 e. The second kappa shape index (κ2) is 9.14. The van der Waals surface area contributed by atoms with E-state index in [4.69, 9.17) is 10.5 Å². The molecule has 3 aromatic rings. The van der Waals surface area contributed by atoms with E-state index < -0.39 is 23.6 Å². The molecular weight excluding hydrogens is 461 g/mol. The fraction of sp³-hybridized carbons (Fsp3) is 0.333. The van der Waals surface area contributed by atoms with Gasteiger partial charge in [0.1, 0.15) is 34.8 Å². The summed E-state index contributed by atoms with van der Waals surface area (Å²) in [4.78, 5) is 28.4. The van der Waals surface area contributed by atoms with Gasteiger partial charge in [-0.25, -0.2) is 23.1 Å². The molecule has 0 saturated carbocycles. The van der Waals surface area contributed by atoms with Crippen molar-refractivity contribution in [2.45, 2.75) is 25.5 Å². The van der Waals surface area contributed by atoms with Gasteiger partial charge in [0.15, 0.2) is 11.6 Å². The predicted octanol–water partition coefficient (Wildman–Crippen LogP) is 2.57. The second-order valence-corrected chi connectivity index (χ2v) is 8.42. The number of nitrogens with two attached hydrogens (primary N) is 1. The number of fused-ring (bicyclic) bond motifs is 2. The Balaban J connectivity index is 1.70. The SMILES string of the molecule is CN=C/C(=C\N)C1CN(c2cc3c(=O)n4c(nc3c(-c3cc(F)c(F)cc3F)n2)CCC4)CCO1. The van der Waals surface area contributed by atoms with Crippen LogP contribution in [0.4, 0.5) is 19.0 Å². The number of pyridine rings is 1. The molecule has 2 aliphatic rings. The third-order valence-electron chi connectivity index (χ3n) is 6.29. The number of aryl methyl sites for hydroxylation is 1. The van der Waals surface area contributed by atoms with Crippen LogP contribution >= 0.6 is 0 Å². The summed E-state index contributed by atoms with van der Waals surface area (Å²) >= 11 is 0. The Kier molecular flexibility index (Phi) is 6.01. The lowest BCUT2D eigenvalue weighted by molar-refractivity contribution is 0.0677. The molecule has 0 amide bonds. The predicted molar refractivity (Wildman–Crippen MR) is 126 cm³/mol. The fourth-order valence-corrected chi connectivity index (χ4v) is 4.57. The van der Waals surface area contributed by atoms with E-state index in [1.807, 2.05) is 4.90 Å². The van der Waals surface area contributed by atoms with Crippen LogP contribution in [-0.4, -0.2) is 53.6 Å². The molecular formula is C24H23F3N6O2. The molecule has 1 fully saturated rings. The van der Waals surface area contributed by atoms with Gasteiger partial charge in [-0.3, -0.25) is 14.4 Å².